The van der Waals surface area contributed by atoms with Crippen molar-refractivity contribution in [3.05, 3.63) is 29.0 Å². The minimum absolute atomic E-state index is 0.00754. The highest BCUT2D eigenvalue weighted by atomic mass is 35.5. The molecule has 1 aromatic carbocycles. The second-order valence-electron chi connectivity index (χ2n) is 6.19. The van der Waals surface area contributed by atoms with E-state index in [2.05, 4.69) is 0 Å². The molecule has 0 spiro atoms. The number of carbonyl (C=O) groups excluding carboxylic acids is 1. The molecule has 2 atom stereocenters. The third-order valence-electron chi connectivity index (χ3n) is 4.71. The van der Waals surface area contributed by atoms with Crippen LogP contribution in [0.3, 0.4) is 0 Å². The molecular weight excluding hydrogens is 357 g/mol. The molecule has 0 bridgehead atoms. The van der Waals surface area contributed by atoms with Gasteiger partial charge in [0.2, 0.25) is 5.91 Å². The first-order valence-electron chi connectivity index (χ1n) is 7.95. The van der Waals surface area contributed by atoms with Crippen molar-refractivity contribution in [1.82, 2.24) is 4.90 Å². The fraction of sp³-hybridized carbons (Fsp3) is 0.562. The first-order valence-corrected chi connectivity index (χ1v) is 9.87. The van der Waals surface area contributed by atoms with E-state index in [4.69, 9.17) is 16.3 Å². The molecule has 132 valence electrons. The second-order valence-corrected chi connectivity index (χ2v) is 8.83. The van der Waals surface area contributed by atoms with Crippen LogP contribution in [-0.2, 0) is 19.4 Å². The van der Waals surface area contributed by atoms with Crippen LogP contribution in [0.5, 0.6) is 0 Å². The van der Waals surface area contributed by atoms with Gasteiger partial charge in [0.1, 0.15) is 5.82 Å². The molecule has 0 aromatic heterocycles. The summed E-state index contributed by atoms with van der Waals surface area (Å²) in [4.78, 5) is 14.3. The van der Waals surface area contributed by atoms with Crippen molar-refractivity contribution >= 4 is 27.3 Å². The number of ether oxygens (including phenoxy) is 1. The van der Waals surface area contributed by atoms with Crippen molar-refractivity contribution in [3.63, 3.8) is 0 Å². The molecule has 1 aromatic rings. The van der Waals surface area contributed by atoms with Crippen molar-refractivity contribution < 1.29 is 22.3 Å². The van der Waals surface area contributed by atoms with Gasteiger partial charge in [-0.25, -0.2) is 12.8 Å². The SMILES string of the molecule is O=C([C@@H]1CC[C@@H](S(=O)(=O)c2ccc(F)c(Cl)c2)C1)N1CCOCC1. The molecule has 1 heterocycles. The van der Waals surface area contributed by atoms with Crippen LogP contribution in [-0.4, -0.2) is 50.8 Å². The number of hydrogen-bond acceptors (Lipinski definition) is 4. The summed E-state index contributed by atoms with van der Waals surface area (Å²) in [6, 6.07) is 3.43. The van der Waals surface area contributed by atoms with E-state index in [0.717, 1.165) is 12.1 Å². The van der Waals surface area contributed by atoms with Crippen LogP contribution in [0.4, 0.5) is 4.39 Å². The van der Waals surface area contributed by atoms with Crippen molar-refractivity contribution in [3.8, 4) is 0 Å². The van der Waals surface area contributed by atoms with Crippen LogP contribution in [0.15, 0.2) is 23.1 Å². The van der Waals surface area contributed by atoms with E-state index >= 15 is 0 Å². The minimum atomic E-state index is -3.62. The highest BCUT2D eigenvalue weighted by Gasteiger charge is 2.39. The first kappa shape index (κ1) is 17.6. The normalized spacial score (nSPS) is 25.0. The molecule has 0 unspecified atom stereocenters. The van der Waals surface area contributed by atoms with Gasteiger partial charge in [-0.1, -0.05) is 11.6 Å². The molecule has 8 heteroatoms. The number of benzene rings is 1. The largest absolute Gasteiger partial charge is 0.378 e. The number of morpholine rings is 1. The Morgan fingerprint density at radius 1 is 1.25 bits per heavy atom. The van der Waals surface area contributed by atoms with E-state index in [1.165, 1.54) is 6.07 Å². The maximum absolute atomic E-state index is 13.3. The van der Waals surface area contributed by atoms with Crippen LogP contribution in [0.2, 0.25) is 5.02 Å². The predicted octanol–water partition coefficient (Wildman–Crippen LogP) is 2.28. The van der Waals surface area contributed by atoms with Crippen LogP contribution in [0, 0.1) is 11.7 Å². The Labute approximate surface area is 145 Å². The smallest absolute Gasteiger partial charge is 0.225 e. The van der Waals surface area contributed by atoms with Gasteiger partial charge >= 0.3 is 0 Å². The highest BCUT2D eigenvalue weighted by molar-refractivity contribution is 7.92. The highest BCUT2D eigenvalue weighted by Crippen LogP contribution is 2.35. The Morgan fingerprint density at radius 2 is 1.96 bits per heavy atom. The molecule has 5 nitrogen and oxygen atoms in total. The summed E-state index contributed by atoms with van der Waals surface area (Å²) in [5.41, 5.74) is 0. The van der Waals surface area contributed by atoms with Gasteiger partial charge in [-0.3, -0.25) is 4.79 Å². The number of hydrogen-bond donors (Lipinski definition) is 0. The number of carbonyl (C=O) groups is 1. The Bertz CT molecular complexity index is 734. The first-order chi connectivity index (χ1) is 11.4. The van der Waals surface area contributed by atoms with Crippen LogP contribution in [0.1, 0.15) is 19.3 Å². The molecule has 24 heavy (non-hydrogen) atoms. The molecule has 0 N–H and O–H groups in total. The zero-order chi connectivity index (χ0) is 17.3. The molecule has 2 fully saturated rings. The average molecular weight is 376 g/mol. The summed E-state index contributed by atoms with van der Waals surface area (Å²) in [6.45, 7) is 2.16. The third-order valence-corrected chi connectivity index (χ3v) is 7.22. The standard InChI is InChI=1S/C16H19ClFNO4S/c17-14-10-13(3-4-15(14)18)24(21,22)12-2-1-11(9-12)16(20)19-5-7-23-8-6-19/h3-4,10-12H,1-2,5-9H2/t11-,12-/m1/s1. The lowest BCUT2D eigenvalue weighted by Crippen LogP contribution is -2.43. The Kier molecular flexibility index (Phi) is 5.13. The van der Waals surface area contributed by atoms with Gasteiger partial charge in [-0.05, 0) is 37.5 Å². The predicted molar refractivity (Wildman–Crippen MR) is 87.1 cm³/mol. The van der Waals surface area contributed by atoms with Crippen molar-refractivity contribution in [2.24, 2.45) is 5.92 Å². The summed E-state index contributed by atoms with van der Waals surface area (Å²) >= 11 is 5.70. The van der Waals surface area contributed by atoms with E-state index in [1.807, 2.05) is 0 Å². The van der Waals surface area contributed by atoms with Gasteiger partial charge in [-0.15, -0.1) is 0 Å². The second kappa shape index (κ2) is 6.98. The molecule has 1 aliphatic carbocycles. The van der Waals surface area contributed by atoms with Gasteiger partial charge in [-0.2, -0.15) is 0 Å². The topological polar surface area (TPSA) is 63.7 Å². The van der Waals surface area contributed by atoms with E-state index in [9.17, 15) is 17.6 Å². The van der Waals surface area contributed by atoms with E-state index < -0.39 is 20.9 Å². The molecule has 2 aliphatic rings. The molecule has 0 radical (unpaired) electrons. The molecule has 1 amide bonds. The quantitative estimate of drug-likeness (QED) is 0.760. The van der Waals surface area contributed by atoms with Gasteiger partial charge in [0.15, 0.2) is 9.84 Å². The maximum atomic E-state index is 13.3. The summed E-state index contributed by atoms with van der Waals surface area (Å²) in [5.74, 6) is -0.922. The Balaban J connectivity index is 1.72. The number of amides is 1. The van der Waals surface area contributed by atoms with Gasteiger partial charge in [0.05, 0.1) is 28.4 Å². The monoisotopic (exact) mass is 375 g/mol. The van der Waals surface area contributed by atoms with Crippen molar-refractivity contribution in [1.29, 1.82) is 0 Å². The maximum Gasteiger partial charge on any atom is 0.225 e. The molecule has 3 rings (SSSR count). The van der Waals surface area contributed by atoms with E-state index in [0.29, 0.717) is 45.6 Å². The molecule has 1 saturated carbocycles. The Morgan fingerprint density at radius 3 is 2.62 bits per heavy atom. The zero-order valence-corrected chi connectivity index (χ0v) is 14.7. The van der Waals surface area contributed by atoms with Gasteiger partial charge in [0.25, 0.3) is 0 Å². The van der Waals surface area contributed by atoms with Crippen LogP contribution >= 0.6 is 11.6 Å². The lowest BCUT2D eigenvalue weighted by molar-refractivity contribution is -0.139. The third kappa shape index (κ3) is 3.43. The lowest BCUT2D eigenvalue weighted by Gasteiger charge is -2.29. The fourth-order valence-corrected chi connectivity index (χ4v) is 5.44. The number of halogens is 2. The van der Waals surface area contributed by atoms with Crippen molar-refractivity contribution in [2.45, 2.75) is 29.4 Å². The zero-order valence-electron chi connectivity index (χ0n) is 13.1. The van der Waals surface area contributed by atoms with Crippen molar-refractivity contribution in [2.75, 3.05) is 26.3 Å². The van der Waals surface area contributed by atoms with Crippen LogP contribution < -0.4 is 0 Å². The molecule has 1 aliphatic heterocycles. The van der Waals surface area contributed by atoms with Crippen LogP contribution in [0.25, 0.3) is 0 Å². The lowest BCUT2D eigenvalue weighted by atomic mass is 10.1. The molecule has 1 saturated heterocycles. The Hall–Kier alpha value is -1.18. The number of rotatable bonds is 3. The fourth-order valence-electron chi connectivity index (χ4n) is 3.33. The van der Waals surface area contributed by atoms with E-state index in [1.54, 1.807) is 4.90 Å². The average Bonchev–Trinajstić information content (AvgIpc) is 3.08. The summed E-state index contributed by atoms with van der Waals surface area (Å²) in [6.07, 6.45) is 1.28. The van der Waals surface area contributed by atoms with E-state index in [-0.39, 0.29) is 21.7 Å². The van der Waals surface area contributed by atoms with Gasteiger partial charge in [0, 0.05) is 19.0 Å². The molecular formula is C16H19ClFNO4S. The minimum Gasteiger partial charge on any atom is -0.378 e. The summed E-state index contributed by atoms with van der Waals surface area (Å²) in [7, 11) is -3.62. The number of nitrogens with zero attached hydrogens (tertiary/aromatic N) is 1. The summed E-state index contributed by atoms with van der Waals surface area (Å²) in [5, 5.41) is -0.843. The van der Waals surface area contributed by atoms with Gasteiger partial charge < -0.3 is 9.64 Å². The summed E-state index contributed by atoms with van der Waals surface area (Å²) < 4.78 is 43.9. The number of sulfone groups is 1.